The maximum absolute atomic E-state index is 12.3. The van der Waals surface area contributed by atoms with Crippen molar-refractivity contribution < 1.29 is 22.4 Å². The fourth-order valence-corrected chi connectivity index (χ4v) is 1.41. The van der Waals surface area contributed by atoms with Crippen molar-refractivity contribution in [3.8, 4) is 11.4 Å². The Hall–Kier alpha value is -1.93. The molecule has 0 fully saturated rings. The van der Waals surface area contributed by atoms with Crippen LogP contribution in [0.1, 0.15) is 17.7 Å². The second-order valence-electron chi connectivity index (χ2n) is 3.70. The van der Waals surface area contributed by atoms with Crippen LogP contribution in [-0.4, -0.2) is 17.3 Å². The molecule has 0 radical (unpaired) electrons. The molecule has 2 aromatic rings. The topological polar surface area (TPSA) is 74.2 Å². The first-order chi connectivity index (χ1) is 8.91. The van der Waals surface area contributed by atoms with E-state index in [0.717, 1.165) is 0 Å². The predicted octanol–water partition coefficient (Wildman–Crippen LogP) is 2.36. The van der Waals surface area contributed by atoms with Crippen LogP contribution in [0.3, 0.4) is 0 Å². The fraction of sp³-hybridized carbons (Fsp3) is 0.273. The Balaban J connectivity index is 2.25. The lowest BCUT2D eigenvalue weighted by Crippen LogP contribution is -2.11. The Kier molecular flexibility index (Phi) is 3.54. The number of nitrogens with zero attached hydrogens (tertiary/aromatic N) is 2. The Bertz CT molecular complexity index is 551. The number of benzene rings is 1. The molecule has 0 aliphatic carbocycles. The second-order valence-corrected chi connectivity index (χ2v) is 3.70. The molecule has 102 valence electrons. The summed E-state index contributed by atoms with van der Waals surface area (Å²) in [6, 6.07) is 6.32. The average molecular weight is 273 g/mol. The highest BCUT2D eigenvalue weighted by atomic mass is 19.4. The molecule has 1 aromatic heterocycles. The maximum Gasteiger partial charge on any atom is 0.471 e. The fourth-order valence-electron chi connectivity index (χ4n) is 1.41. The normalized spacial score (nSPS) is 13.5. The number of rotatable bonds is 3. The van der Waals surface area contributed by atoms with E-state index < -0.39 is 18.3 Å². The zero-order valence-electron chi connectivity index (χ0n) is 9.81. The Morgan fingerprint density at radius 3 is 2.37 bits per heavy atom. The van der Waals surface area contributed by atoms with Crippen molar-refractivity contribution in [2.75, 3.05) is 7.11 Å². The van der Waals surface area contributed by atoms with Gasteiger partial charge in [-0.1, -0.05) is 29.4 Å². The standard InChI is InChI=1S/C11H10F3N3O2/c1-18-8(15)6-2-4-7(5-3-6)9-16-10(19-17-9)11(12,13)14/h2-5,8H,15H2,1H3. The van der Waals surface area contributed by atoms with Crippen molar-refractivity contribution in [2.24, 2.45) is 5.73 Å². The number of nitrogens with two attached hydrogens (primary N) is 1. The van der Waals surface area contributed by atoms with Crippen LogP contribution in [0.25, 0.3) is 11.4 Å². The highest BCUT2D eigenvalue weighted by Crippen LogP contribution is 2.29. The number of alkyl halides is 3. The summed E-state index contributed by atoms with van der Waals surface area (Å²) in [5.41, 5.74) is 6.70. The van der Waals surface area contributed by atoms with Crippen LogP contribution < -0.4 is 5.73 Å². The molecule has 0 saturated heterocycles. The molecule has 0 bridgehead atoms. The molecule has 1 atom stereocenters. The van der Waals surface area contributed by atoms with E-state index in [1.165, 1.54) is 7.11 Å². The van der Waals surface area contributed by atoms with Gasteiger partial charge in [0.2, 0.25) is 5.82 Å². The Morgan fingerprint density at radius 1 is 1.26 bits per heavy atom. The second kappa shape index (κ2) is 4.98. The van der Waals surface area contributed by atoms with Crippen LogP contribution in [0.2, 0.25) is 0 Å². The maximum atomic E-state index is 12.3. The van der Waals surface area contributed by atoms with E-state index >= 15 is 0 Å². The monoisotopic (exact) mass is 273 g/mol. The number of aromatic nitrogens is 2. The quantitative estimate of drug-likeness (QED) is 0.869. The number of halogens is 3. The van der Waals surface area contributed by atoms with Gasteiger partial charge in [-0.2, -0.15) is 18.2 Å². The molecule has 0 spiro atoms. The summed E-state index contributed by atoms with van der Waals surface area (Å²) in [4.78, 5) is 3.28. The third-order valence-corrected chi connectivity index (χ3v) is 2.42. The SMILES string of the molecule is COC(N)c1ccc(-c2noc(C(F)(F)F)n2)cc1. The van der Waals surface area contributed by atoms with Crippen molar-refractivity contribution in [1.29, 1.82) is 0 Å². The van der Waals surface area contributed by atoms with E-state index in [4.69, 9.17) is 10.5 Å². The van der Waals surface area contributed by atoms with E-state index in [0.29, 0.717) is 11.1 Å². The molecule has 0 amide bonds. The number of ether oxygens (including phenoxy) is 1. The van der Waals surface area contributed by atoms with Crippen molar-refractivity contribution in [1.82, 2.24) is 10.1 Å². The van der Waals surface area contributed by atoms with Crippen LogP contribution in [0.15, 0.2) is 28.8 Å². The zero-order chi connectivity index (χ0) is 14.0. The first-order valence-electron chi connectivity index (χ1n) is 5.21. The van der Waals surface area contributed by atoms with E-state index in [2.05, 4.69) is 14.7 Å². The van der Waals surface area contributed by atoms with Gasteiger partial charge in [0.15, 0.2) is 0 Å². The molecule has 2 N–H and O–H groups in total. The van der Waals surface area contributed by atoms with Crippen molar-refractivity contribution >= 4 is 0 Å². The minimum absolute atomic E-state index is 0.134. The average Bonchev–Trinajstić information content (AvgIpc) is 2.87. The van der Waals surface area contributed by atoms with Gasteiger partial charge in [-0.25, -0.2) is 0 Å². The Morgan fingerprint density at radius 2 is 1.89 bits per heavy atom. The molecule has 5 nitrogen and oxygen atoms in total. The molecular formula is C11H10F3N3O2. The molecule has 1 aromatic carbocycles. The third-order valence-electron chi connectivity index (χ3n) is 2.42. The van der Waals surface area contributed by atoms with Crippen molar-refractivity contribution in [2.45, 2.75) is 12.4 Å². The molecule has 19 heavy (non-hydrogen) atoms. The molecule has 2 rings (SSSR count). The highest BCUT2D eigenvalue weighted by Gasteiger charge is 2.38. The first-order valence-corrected chi connectivity index (χ1v) is 5.21. The van der Waals surface area contributed by atoms with Crippen LogP contribution in [0.4, 0.5) is 13.2 Å². The summed E-state index contributed by atoms with van der Waals surface area (Å²) < 4.78 is 46.0. The summed E-state index contributed by atoms with van der Waals surface area (Å²) in [6.07, 6.45) is -5.24. The van der Waals surface area contributed by atoms with Gasteiger partial charge in [0.1, 0.15) is 6.23 Å². The summed E-state index contributed by atoms with van der Waals surface area (Å²) in [6.45, 7) is 0. The summed E-state index contributed by atoms with van der Waals surface area (Å²) in [7, 11) is 1.45. The van der Waals surface area contributed by atoms with Crippen LogP contribution in [-0.2, 0) is 10.9 Å². The Labute approximate surface area is 106 Å². The molecule has 8 heteroatoms. The van der Waals surface area contributed by atoms with E-state index in [9.17, 15) is 13.2 Å². The van der Waals surface area contributed by atoms with Gasteiger partial charge in [-0.3, -0.25) is 0 Å². The van der Waals surface area contributed by atoms with E-state index in [-0.39, 0.29) is 5.82 Å². The minimum atomic E-state index is -4.65. The largest absolute Gasteiger partial charge is 0.471 e. The molecule has 0 aliphatic heterocycles. The van der Waals surface area contributed by atoms with Crippen molar-refractivity contribution in [3.63, 3.8) is 0 Å². The predicted molar refractivity (Wildman–Crippen MR) is 58.7 cm³/mol. The molecule has 1 heterocycles. The van der Waals surface area contributed by atoms with Crippen LogP contribution in [0, 0.1) is 0 Å². The lowest BCUT2D eigenvalue weighted by atomic mass is 10.1. The lowest BCUT2D eigenvalue weighted by molar-refractivity contribution is -0.159. The molecule has 1 unspecified atom stereocenters. The van der Waals surface area contributed by atoms with Gasteiger partial charge in [0.25, 0.3) is 0 Å². The van der Waals surface area contributed by atoms with E-state index in [1.807, 2.05) is 0 Å². The van der Waals surface area contributed by atoms with Gasteiger partial charge in [-0.15, -0.1) is 0 Å². The lowest BCUT2D eigenvalue weighted by Gasteiger charge is -2.09. The van der Waals surface area contributed by atoms with Gasteiger partial charge in [-0.05, 0) is 5.56 Å². The third kappa shape index (κ3) is 2.91. The molecular weight excluding hydrogens is 263 g/mol. The highest BCUT2D eigenvalue weighted by molar-refractivity contribution is 5.54. The number of hydrogen-bond donors (Lipinski definition) is 1. The summed E-state index contributed by atoms with van der Waals surface area (Å²) in [5, 5.41) is 3.28. The summed E-state index contributed by atoms with van der Waals surface area (Å²) >= 11 is 0. The van der Waals surface area contributed by atoms with Crippen LogP contribution in [0.5, 0.6) is 0 Å². The summed E-state index contributed by atoms with van der Waals surface area (Å²) in [5.74, 6) is -1.51. The molecule has 0 saturated carbocycles. The first kappa shape index (κ1) is 13.5. The van der Waals surface area contributed by atoms with Crippen molar-refractivity contribution in [3.05, 3.63) is 35.7 Å². The van der Waals surface area contributed by atoms with Crippen LogP contribution >= 0.6 is 0 Å². The molecule has 0 aliphatic rings. The zero-order valence-corrected chi connectivity index (χ0v) is 9.81. The minimum Gasteiger partial charge on any atom is -0.363 e. The number of hydrogen-bond acceptors (Lipinski definition) is 5. The van der Waals surface area contributed by atoms with E-state index in [1.54, 1.807) is 24.3 Å². The number of methoxy groups -OCH3 is 1. The van der Waals surface area contributed by atoms with Gasteiger partial charge in [0, 0.05) is 12.7 Å². The smallest absolute Gasteiger partial charge is 0.363 e. The van der Waals surface area contributed by atoms with Gasteiger partial charge < -0.3 is 15.0 Å². The van der Waals surface area contributed by atoms with Gasteiger partial charge >= 0.3 is 12.1 Å². The van der Waals surface area contributed by atoms with Gasteiger partial charge in [0.05, 0.1) is 0 Å².